The van der Waals surface area contributed by atoms with Crippen LogP contribution in [0.4, 0.5) is 4.79 Å². The molecule has 22 heavy (non-hydrogen) atoms. The molecule has 1 unspecified atom stereocenters. The van der Waals surface area contributed by atoms with E-state index in [-0.39, 0.29) is 18.0 Å². The summed E-state index contributed by atoms with van der Waals surface area (Å²) in [6, 6.07) is 0. The average Bonchev–Trinajstić information content (AvgIpc) is 2.61. The van der Waals surface area contributed by atoms with Crippen molar-refractivity contribution in [3.63, 3.8) is 0 Å². The lowest BCUT2D eigenvalue weighted by Crippen LogP contribution is -2.44. The zero-order valence-electron chi connectivity index (χ0n) is 13.4. The van der Waals surface area contributed by atoms with Crippen molar-refractivity contribution in [1.29, 1.82) is 0 Å². The van der Waals surface area contributed by atoms with Gasteiger partial charge in [0.2, 0.25) is 0 Å². The van der Waals surface area contributed by atoms with Gasteiger partial charge < -0.3 is 10.1 Å². The van der Waals surface area contributed by atoms with Gasteiger partial charge in [0.15, 0.2) is 5.78 Å². The molecule has 1 atom stereocenters. The van der Waals surface area contributed by atoms with Gasteiger partial charge in [-0.25, -0.2) is 4.79 Å². The number of ketones is 1. The minimum atomic E-state index is -1.21. The van der Waals surface area contributed by atoms with E-state index >= 15 is 0 Å². The fraction of sp³-hybridized carbons (Fsp3) is 0.714. The maximum atomic E-state index is 12.4. The molecule has 0 aliphatic carbocycles. The molecule has 0 radical (unpaired) electrons. The van der Waals surface area contributed by atoms with E-state index in [2.05, 4.69) is 5.32 Å². The van der Waals surface area contributed by atoms with Crippen LogP contribution in [-0.2, 0) is 19.1 Å². The molecule has 0 spiro atoms. The summed E-state index contributed by atoms with van der Waals surface area (Å²) in [6.45, 7) is 8.17. The van der Waals surface area contributed by atoms with Crippen LogP contribution in [0.1, 0.15) is 41.0 Å². The highest BCUT2D eigenvalue weighted by atomic mass is 16.6. The highest BCUT2D eigenvalue weighted by molar-refractivity contribution is 6.14. The van der Waals surface area contributed by atoms with Gasteiger partial charge in [-0.05, 0) is 20.8 Å². The normalized spacial score (nSPS) is 19.4. The first-order valence-corrected chi connectivity index (χ1v) is 6.92. The Balaban J connectivity index is 2.66. The topological polar surface area (TPSA) is 113 Å². The summed E-state index contributed by atoms with van der Waals surface area (Å²) in [4.78, 5) is 46.9. The van der Waals surface area contributed by atoms with Gasteiger partial charge in [0, 0.05) is 18.4 Å². The number of nitrogens with zero attached hydrogens (tertiary/aromatic N) is 1. The van der Waals surface area contributed by atoms with Crippen LogP contribution in [-0.4, -0.2) is 46.1 Å². The van der Waals surface area contributed by atoms with Crippen molar-refractivity contribution in [2.24, 2.45) is 11.3 Å². The van der Waals surface area contributed by atoms with Crippen molar-refractivity contribution in [2.45, 2.75) is 46.6 Å². The Hall–Kier alpha value is -1.96. The maximum Gasteiger partial charge on any atom is 0.407 e. The van der Waals surface area contributed by atoms with Crippen LogP contribution in [0.25, 0.3) is 0 Å². The first kappa shape index (κ1) is 18.1. The molecule has 1 aliphatic heterocycles. The zero-order valence-corrected chi connectivity index (χ0v) is 13.4. The second-order valence-corrected chi connectivity index (χ2v) is 6.90. The number of alkyl carbamates (subject to hydrolysis) is 1. The number of amides is 3. The van der Waals surface area contributed by atoms with E-state index in [0.29, 0.717) is 0 Å². The van der Waals surface area contributed by atoms with Crippen molar-refractivity contribution >= 4 is 23.7 Å². The Labute approximate surface area is 128 Å². The Morgan fingerprint density at radius 3 is 2.23 bits per heavy atom. The summed E-state index contributed by atoms with van der Waals surface area (Å²) in [6.07, 6.45) is -1.03. The Morgan fingerprint density at radius 1 is 1.27 bits per heavy atom. The lowest BCUT2D eigenvalue weighted by atomic mass is 9.80. The Kier molecular flexibility index (Phi) is 4.96. The molecule has 0 bridgehead atoms. The van der Waals surface area contributed by atoms with Crippen LogP contribution in [0.3, 0.4) is 0 Å². The van der Waals surface area contributed by atoms with Crippen molar-refractivity contribution in [3.05, 3.63) is 0 Å². The molecule has 1 aliphatic rings. The third-order valence-corrected chi connectivity index (χ3v) is 3.18. The molecule has 2 N–H and O–H groups in total. The summed E-state index contributed by atoms with van der Waals surface area (Å²) in [7, 11) is 0. The second-order valence-electron chi connectivity index (χ2n) is 6.90. The molecule has 3 amide bonds. The SMILES string of the molecule is CC(C)(C)OC(=O)NCC(C)(C)C(=O)C1CC(=O)N(O)C1=O. The Morgan fingerprint density at radius 2 is 1.82 bits per heavy atom. The van der Waals surface area contributed by atoms with Gasteiger partial charge in [0.1, 0.15) is 11.5 Å². The van der Waals surface area contributed by atoms with E-state index in [4.69, 9.17) is 4.74 Å². The molecule has 1 heterocycles. The number of carbonyl (C=O) groups excluding carboxylic acids is 4. The summed E-state index contributed by atoms with van der Waals surface area (Å²) < 4.78 is 5.06. The fourth-order valence-electron chi connectivity index (χ4n) is 1.99. The number of rotatable bonds is 4. The first-order valence-electron chi connectivity index (χ1n) is 6.92. The molecule has 0 saturated carbocycles. The molecule has 124 valence electrons. The molecule has 0 aromatic carbocycles. The molecule has 1 fully saturated rings. The van der Waals surface area contributed by atoms with Gasteiger partial charge in [-0.1, -0.05) is 13.8 Å². The van der Waals surface area contributed by atoms with E-state index < -0.39 is 40.6 Å². The van der Waals surface area contributed by atoms with Crippen molar-refractivity contribution in [3.8, 4) is 0 Å². The average molecular weight is 314 g/mol. The number of nitrogens with one attached hydrogen (secondary N) is 1. The molecule has 8 heteroatoms. The number of carbonyl (C=O) groups is 4. The van der Waals surface area contributed by atoms with Gasteiger partial charge >= 0.3 is 6.09 Å². The van der Waals surface area contributed by atoms with Crippen molar-refractivity contribution in [1.82, 2.24) is 10.4 Å². The second kappa shape index (κ2) is 6.04. The highest BCUT2D eigenvalue weighted by Gasteiger charge is 2.47. The first-order chi connectivity index (χ1) is 9.85. The Bertz CT molecular complexity index is 506. The highest BCUT2D eigenvalue weighted by Crippen LogP contribution is 2.28. The number of hydroxylamine groups is 2. The molecular weight excluding hydrogens is 292 g/mol. The third kappa shape index (κ3) is 4.27. The number of ether oxygens (including phenoxy) is 1. The molecule has 0 aromatic rings. The van der Waals surface area contributed by atoms with Crippen LogP contribution >= 0.6 is 0 Å². The summed E-state index contributed by atoms with van der Waals surface area (Å²) >= 11 is 0. The van der Waals surface area contributed by atoms with Crippen molar-refractivity contribution < 1.29 is 29.1 Å². The van der Waals surface area contributed by atoms with Gasteiger partial charge in [-0.15, -0.1) is 0 Å². The van der Waals surface area contributed by atoms with Crippen LogP contribution in [0.2, 0.25) is 0 Å². The van der Waals surface area contributed by atoms with Crippen LogP contribution in [0, 0.1) is 11.3 Å². The van der Waals surface area contributed by atoms with E-state index in [1.54, 1.807) is 34.6 Å². The molecule has 0 aromatic heterocycles. The smallest absolute Gasteiger partial charge is 0.407 e. The minimum absolute atomic E-state index is 0.0278. The van der Waals surface area contributed by atoms with Crippen LogP contribution in [0.15, 0.2) is 0 Å². The van der Waals surface area contributed by atoms with Gasteiger partial charge in [0.05, 0.1) is 0 Å². The maximum absolute atomic E-state index is 12.4. The van der Waals surface area contributed by atoms with Crippen LogP contribution < -0.4 is 5.32 Å². The summed E-state index contributed by atoms with van der Waals surface area (Å²) in [5, 5.41) is 11.6. The third-order valence-electron chi connectivity index (χ3n) is 3.18. The van der Waals surface area contributed by atoms with E-state index in [0.717, 1.165) is 0 Å². The zero-order chi connectivity index (χ0) is 17.3. The lowest BCUT2D eigenvalue weighted by Gasteiger charge is -2.26. The van der Waals surface area contributed by atoms with Crippen molar-refractivity contribution in [2.75, 3.05) is 6.54 Å². The molecule has 1 saturated heterocycles. The number of imide groups is 1. The lowest BCUT2D eigenvalue weighted by molar-refractivity contribution is -0.172. The van der Waals surface area contributed by atoms with E-state index in [1.807, 2.05) is 0 Å². The predicted octanol–water partition coefficient (Wildman–Crippen LogP) is 0.871. The molecule has 8 nitrogen and oxygen atoms in total. The largest absolute Gasteiger partial charge is 0.444 e. The van der Waals surface area contributed by atoms with Gasteiger partial charge in [-0.2, -0.15) is 5.06 Å². The van der Waals surface area contributed by atoms with Gasteiger partial charge in [0.25, 0.3) is 11.8 Å². The standard InChI is InChI=1S/C14H22N2O6/c1-13(2,3)22-12(20)15-7-14(4,5)10(18)8-6-9(17)16(21)11(8)19/h8,21H,6-7H2,1-5H3,(H,15,20). The number of Topliss-reactive ketones (excluding diaryl/α,β-unsaturated/α-hetero) is 1. The number of hydrogen-bond acceptors (Lipinski definition) is 6. The monoisotopic (exact) mass is 314 g/mol. The van der Waals surface area contributed by atoms with E-state index in [1.165, 1.54) is 0 Å². The minimum Gasteiger partial charge on any atom is -0.444 e. The number of hydrogen-bond donors (Lipinski definition) is 2. The predicted molar refractivity (Wildman–Crippen MR) is 74.8 cm³/mol. The quantitative estimate of drug-likeness (QED) is 0.452. The summed E-state index contributed by atoms with van der Waals surface area (Å²) in [5.74, 6) is -3.47. The molecule has 1 rings (SSSR count). The van der Waals surface area contributed by atoms with Gasteiger partial charge in [-0.3, -0.25) is 19.6 Å². The summed E-state index contributed by atoms with van der Waals surface area (Å²) in [5.41, 5.74) is -1.74. The van der Waals surface area contributed by atoms with Crippen LogP contribution in [0.5, 0.6) is 0 Å². The van der Waals surface area contributed by atoms with E-state index in [9.17, 15) is 24.4 Å². The fourth-order valence-corrected chi connectivity index (χ4v) is 1.99. The molecular formula is C14H22N2O6.